The maximum Gasteiger partial charge on any atom is 0.188 e. The summed E-state index contributed by atoms with van der Waals surface area (Å²) < 4.78 is 23.3. The molecule has 0 aromatic heterocycles. The lowest BCUT2D eigenvalue weighted by Crippen LogP contribution is -2.19. The van der Waals surface area contributed by atoms with Crippen LogP contribution in [-0.4, -0.2) is 32.9 Å². The molecule has 4 heteroatoms. The molecule has 0 unspecified atom stereocenters. The van der Waals surface area contributed by atoms with Crippen LogP contribution in [0, 0.1) is 0 Å². The van der Waals surface area contributed by atoms with Gasteiger partial charge in [0.05, 0.1) is 12.9 Å². The van der Waals surface area contributed by atoms with Gasteiger partial charge < -0.3 is 18.9 Å². The third-order valence-electron chi connectivity index (χ3n) is 7.65. The summed E-state index contributed by atoms with van der Waals surface area (Å²) in [6.07, 6.45) is 37.3. The molecule has 40 heavy (non-hydrogen) atoms. The third kappa shape index (κ3) is 33.6. The molecule has 0 aliphatic rings. The molecule has 0 aromatic rings. The second-order valence-corrected chi connectivity index (χ2v) is 11.7. The molecule has 0 saturated carbocycles. The molecule has 240 valence electrons. The Bertz CT molecular complexity index is 450. The van der Waals surface area contributed by atoms with Gasteiger partial charge in [-0.15, -0.1) is 0 Å². The van der Waals surface area contributed by atoms with Crippen molar-refractivity contribution in [3.05, 3.63) is 12.3 Å². The molecule has 0 amide bonds. The standard InChI is InChI=1S/C36H72O4/c1-4-7-10-13-23-28-33-39-36(40-34-29-24-14-11-8-5-2)30-25-20-18-16-15-17-19-22-27-32-38-35-37-31-26-21-12-9-6-3/h27,32,36H,4-26,28-31,33-35H2,1-3H3. The van der Waals surface area contributed by atoms with E-state index in [9.17, 15) is 0 Å². The predicted molar refractivity (Wildman–Crippen MR) is 174 cm³/mol. The van der Waals surface area contributed by atoms with E-state index in [2.05, 4.69) is 26.8 Å². The van der Waals surface area contributed by atoms with E-state index in [-0.39, 0.29) is 6.29 Å². The van der Waals surface area contributed by atoms with Crippen molar-refractivity contribution >= 4 is 0 Å². The van der Waals surface area contributed by atoms with E-state index >= 15 is 0 Å². The van der Waals surface area contributed by atoms with Crippen LogP contribution in [0.2, 0.25) is 0 Å². The Morgan fingerprint density at radius 1 is 0.450 bits per heavy atom. The lowest BCUT2D eigenvalue weighted by atomic mass is 10.1. The molecule has 0 heterocycles. The van der Waals surface area contributed by atoms with Crippen molar-refractivity contribution in [2.45, 2.75) is 194 Å². The molecule has 4 nitrogen and oxygen atoms in total. The summed E-state index contributed by atoms with van der Waals surface area (Å²) >= 11 is 0. The van der Waals surface area contributed by atoms with Crippen molar-refractivity contribution in [3.63, 3.8) is 0 Å². The summed E-state index contributed by atoms with van der Waals surface area (Å²) in [5.74, 6) is 0. The number of rotatable bonds is 35. The first-order valence-corrected chi connectivity index (χ1v) is 17.9. The zero-order valence-corrected chi connectivity index (χ0v) is 27.6. The highest BCUT2D eigenvalue weighted by atomic mass is 16.7. The highest BCUT2D eigenvalue weighted by molar-refractivity contribution is 4.72. The van der Waals surface area contributed by atoms with Gasteiger partial charge in [-0.1, -0.05) is 143 Å². The fourth-order valence-electron chi connectivity index (χ4n) is 4.96. The smallest absolute Gasteiger partial charge is 0.188 e. The summed E-state index contributed by atoms with van der Waals surface area (Å²) in [5, 5.41) is 0. The van der Waals surface area contributed by atoms with E-state index in [0.29, 0.717) is 6.79 Å². The van der Waals surface area contributed by atoms with Crippen molar-refractivity contribution in [2.24, 2.45) is 0 Å². The number of hydrogen-bond donors (Lipinski definition) is 0. The summed E-state index contributed by atoms with van der Waals surface area (Å²) in [6, 6.07) is 0. The highest BCUT2D eigenvalue weighted by Crippen LogP contribution is 2.15. The molecular formula is C36H72O4. The normalized spacial score (nSPS) is 11.8. The molecule has 0 aromatic carbocycles. The Kier molecular flexibility index (Phi) is 35.9. The fraction of sp³-hybridized carbons (Fsp3) is 0.944. The van der Waals surface area contributed by atoms with Crippen molar-refractivity contribution in [3.8, 4) is 0 Å². The third-order valence-corrected chi connectivity index (χ3v) is 7.65. The molecule has 0 radical (unpaired) electrons. The first kappa shape index (κ1) is 39.4. The van der Waals surface area contributed by atoms with E-state index in [1.54, 1.807) is 0 Å². The van der Waals surface area contributed by atoms with Crippen LogP contribution in [0.3, 0.4) is 0 Å². The Morgan fingerprint density at radius 3 is 1.40 bits per heavy atom. The summed E-state index contributed by atoms with van der Waals surface area (Å²) in [6.45, 7) is 9.72. The fourth-order valence-corrected chi connectivity index (χ4v) is 4.96. The maximum atomic E-state index is 6.18. The van der Waals surface area contributed by atoms with Gasteiger partial charge >= 0.3 is 0 Å². The topological polar surface area (TPSA) is 36.9 Å². The molecule has 0 rings (SSSR count). The Morgan fingerprint density at radius 2 is 0.875 bits per heavy atom. The highest BCUT2D eigenvalue weighted by Gasteiger charge is 2.09. The van der Waals surface area contributed by atoms with E-state index in [1.165, 1.54) is 148 Å². The van der Waals surface area contributed by atoms with Crippen LogP contribution in [0.5, 0.6) is 0 Å². The quantitative estimate of drug-likeness (QED) is 0.0433. The Hall–Kier alpha value is -0.580. The second kappa shape index (κ2) is 36.4. The van der Waals surface area contributed by atoms with E-state index < -0.39 is 0 Å². The van der Waals surface area contributed by atoms with E-state index in [1.807, 2.05) is 6.26 Å². The lowest BCUT2D eigenvalue weighted by molar-refractivity contribution is -0.148. The minimum Gasteiger partial charge on any atom is -0.475 e. The van der Waals surface area contributed by atoms with Gasteiger partial charge in [-0.25, -0.2) is 0 Å². The summed E-state index contributed by atoms with van der Waals surface area (Å²) in [5.41, 5.74) is 0. The van der Waals surface area contributed by atoms with Crippen LogP contribution in [-0.2, 0) is 18.9 Å². The van der Waals surface area contributed by atoms with Crippen LogP contribution in [0.1, 0.15) is 188 Å². The Labute approximate surface area is 251 Å². The lowest BCUT2D eigenvalue weighted by Gasteiger charge is -2.19. The minimum atomic E-state index is 0.0106. The molecule has 0 atom stereocenters. The van der Waals surface area contributed by atoms with Crippen molar-refractivity contribution in [2.75, 3.05) is 26.6 Å². The van der Waals surface area contributed by atoms with E-state index in [0.717, 1.165) is 39.1 Å². The molecule has 0 spiro atoms. The summed E-state index contributed by atoms with van der Waals surface area (Å²) in [4.78, 5) is 0. The minimum absolute atomic E-state index is 0.0106. The maximum absolute atomic E-state index is 6.18. The van der Waals surface area contributed by atoms with Gasteiger partial charge in [0.25, 0.3) is 0 Å². The average Bonchev–Trinajstić information content (AvgIpc) is 2.97. The van der Waals surface area contributed by atoms with Crippen molar-refractivity contribution < 1.29 is 18.9 Å². The van der Waals surface area contributed by atoms with Gasteiger partial charge in [0.1, 0.15) is 0 Å². The predicted octanol–water partition coefficient (Wildman–Crippen LogP) is 12.1. The molecule has 0 fully saturated rings. The zero-order valence-electron chi connectivity index (χ0n) is 27.6. The van der Waals surface area contributed by atoms with Gasteiger partial charge in [-0.3, -0.25) is 0 Å². The monoisotopic (exact) mass is 569 g/mol. The number of hydrogen-bond acceptors (Lipinski definition) is 4. The van der Waals surface area contributed by atoms with Gasteiger partial charge in [0, 0.05) is 13.2 Å². The zero-order chi connectivity index (χ0) is 29.0. The number of unbranched alkanes of at least 4 members (excludes halogenated alkanes) is 21. The van der Waals surface area contributed by atoms with E-state index in [4.69, 9.17) is 18.9 Å². The number of ether oxygens (including phenoxy) is 4. The molecule has 0 aliphatic carbocycles. The first-order chi connectivity index (χ1) is 19.8. The van der Waals surface area contributed by atoms with Crippen LogP contribution in [0.4, 0.5) is 0 Å². The SMILES string of the molecule is CCCCCCCCOC(CCCCCCCCCC=COCOCCCCCCC)OCCCCCCCC. The molecule has 0 N–H and O–H groups in total. The van der Waals surface area contributed by atoms with Crippen LogP contribution >= 0.6 is 0 Å². The van der Waals surface area contributed by atoms with Crippen LogP contribution < -0.4 is 0 Å². The second-order valence-electron chi connectivity index (χ2n) is 11.7. The first-order valence-electron chi connectivity index (χ1n) is 17.9. The van der Waals surface area contributed by atoms with Gasteiger partial charge in [0.15, 0.2) is 13.1 Å². The molecular weight excluding hydrogens is 496 g/mol. The van der Waals surface area contributed by atoms with Gasteiger partial charge in [-0.2, -0.15) is 0 Å². The summed E-state index contributed by atoms with van der Waals surface area (Å²) in [7, 11) is 0. The van der Waals surface area contributed by atoms with Crippen molar-refractivity contribution in [1.29, 1.82) is 0 Å². The molecule has 0 aliphatic heterocycles. The molecule has 0 bridgehead atoms. The largest absolute Gasteiger partial charge is 0.475 e. The van der Waals surface area contributed by atoms with Crippen LogP contribution in [0.15, 0.2) is 12.3 Å². The van der Waals surface area contributed by atoms with Crippen molar-refractivity contribution in [1.82, 2.24) is 0 Å². The van der Waals surface area contributed by atoms with Gasteiger partial charge in [0.2, 0.25) is 0 Å². The van der Waals surface area contributed by atoms with Gasteiger partial charge in [-0.05, 0) is 51.0 Å². The average molecular weight is 569 g/mol. The number of allylic oxidation sites excluding steroid dienone is 1. The van der Waals surface area contributed by atoms with Crippen LogP contribution in [0.25, 0.3) is 0 Å². The molecule has 0 saturated heterocycles. The Balaban J connectivity index is 3.70.